The van der Waals surface area contributed by atoms with Crippen molar-refractivity contribution >= 4 is 29.1 Å². The van der Waals surface area contributed by atoms with Gasteiger partial charge in [0.15, 0.2) is 6.61 Å². The average Bonchev–Trinajstić information content (AvgIpc) is 2.65. The normalized spacial score (nSPS) is 10.2. The molecule has 2 N–H and O–H groups in total. The zero-order valence-electron chi connectivity index (χ0n) is 15.4. The number of hydrogen-bond acceptors (Lipinski definition) is 4. The lowest BCUT2D eigenvalue weighted by atomic mass is 10.2. The zero-order valence-corrected chi connectivity index (χ0v) is 16.1. The van der Waals surface area contributed by atoms with Gasteiger partial charge < -0.3 is 20.1 Å². The second kappa shape index (κ2) is 10.4. The van der Waals surface area contributed by atoms with Gasteiger partial charge in [0, 0.05) is 30.2 Å². The highest BCUT2D eigenvalue weighted by Crippen LogP contribution is 2.22. The van der Waals surface area contributed by atoms with Gasteiger partial charge in [-0.3, -0.25) is 9.59 Å². The molecule has 0 aliphatic heterocycles. The minimum absolute atomic E-state index is 0.0741. The van der Waals surface area contributed by atoms with Crippen molar-refractivity contribution < 1.29 is 19.1 Å². The molecule has 144 valence electrons. The number of benzene rings is 2. The van der Waals surface area contributed by atoms with Gasteiger partial charge in [-0.1, -0.05) is 17.7 Å². The molecular formula is C20H23ClN2O4. The van der Waals surface area contributed by atoms with Crippen LogP contribution < -0.4 is 20.1 Å². The predicted molar refractivity (Wildman–Crippen MR) is 106 cm³/mol. The first-order chi connectivity index (χ1) is 13.0. The molecule has 0 aliphatic carbocycles. The largest absolute Gasteiger partial charge is 0.493 e. The molecule has 0 heterocycles. The molecule has 6 nitrogen and oxygen atoms in total. The summed E-state index contributed by atoms with van der Waals surface area (Å²) in [6.45, 7) is 2.29. The highest BCUT2D eigenvalue weighted by atomic mass is 35.5. The Morgan fingerprint density at radius 2 is 1.89 bits per heavy atom. The van der Waals surface area contributed by atoms with E-state index >= 15 is 0 Å². The molecule has 2 aromatic rings. The van der Waals surface area contributed by atoms with Gasteiger partial charge in [-0.2, -0.15) is 0 Å². The highest BCUT2D eigenvalue weighted by Gasteiger charge is 2.06. The number of rotatable bonds is 9. The lowest BCUT2D eigenvalue weighted by Gasteiger charge is -2.10. The molecule has 2 aromatic carbocycles. The monoisotopic (exact) mass is 390 g/mol. The lowest BCUT2D eigenvalue weighted by Crippen LogP contribution is -2.24. The van der Waals surface area contributed by atoms with Crippen molar-refractivity contribution in [2.24, 2.45) is 0 Å². The summed E-state index contributed by atoms with van der Waals surface area (Å²) >= 11 is 5.91. The van der Waals surface area contributed by atoms with E-state index in [-0.39, 0.29) is 18.4 Å². The van der Waals surface area contributed by atoms with Gasteiger partial charge in [0.25, 0.3) is 5.91 Å². The first-order valence-corrected chi connectivity index (χ1v) is 8.98. The third-order valence-corrected chi connectivity index (χ3v) is 3.94. The number of nitrogens with one attached hydrogen (secondary N) is 2. The number of carbonyl (C=O) groups is 2. The molecule has 0 unspecified atom stereocenters. The number of likely N-dealkylation sites (N-methyl/N-ethyl adjacent to an activating group) is 1. The molecule has 7 heteroatoms. The first-order valence-electron chi connectivity index (χ1n) is 8.60. The van der Waals surface area contributed by atoms with Crippen LogP contribution in [-0.4, -0.2) is 32.1 Å². The number of aryl methyl sites for hydroxylation is 1. The first kappa shape index (κ1) is 20.6. The van der Waals surface area contributed by atoms with Gasteiger partial charge in [0.05, 0.1) is 6.61 Å². The van der Waals surface area contributed by atoms with Crippen LogP contribution in [0.25, 0.3) is 0 Å². The maximum Gasteiger partial charge on any atom is 0.257 e. The van der Waals surface area contributed by atoms with Crippen LogP contribution in [0.1, 0.15) is 18.4 Å². The highest BCUT2D eigenvalue weighted by molar-refractivity contribution is 6.30. The van der Waals surface area contributed by atoms with Crippen LogP contribution in [0.4, 0.5) is 5.69 Å². The number of carbonyl (C=O) groups excluding carboxylic acids is 2. The van der Waals surface area contributed by atoms with Crippen molar-refractivity contribution in [3.63, 3.8) is 0 Å². The van der Waals surface area contributed by atoms with E-state index < -0.39 is 0 Å². The molecule has 0 spiro atoms. The van der Waals surface area contributed by atoms with Crippen molar-refractivity contribution in [2.45, 2.75) is 19.8 Å². The van der Waals surface area contributed by atoms with Crippen LogP contribution >= 0.6 is 11.6 Å². The maximum atomic E-state index is 12.1. The third kappa shape index (κ3) is 7.19. The number of ether oxygens (including phenoxy) is 2. The molecule has 2 rings (SSSR count). The zero-order chi connectivity index (χ0) is 19.6. The fraction of sp³-hybridized carbons (Fsp3) is 0.300. The standard InChI is InChI=1S/C20H23ClN2O4/c1-14-11-15(21)8-9-18(14)26-10-4-7-19(24)23-16-5-3-6-17(12-16)27-13-20(25)22-2/h3,5-6,8-9,11-12H,4,7,10,13H2,1-2H3,(H,22,25)(H,23,24). The van der Waals surface area contributed by atoms with Gasteiger partial charge in [0.2, 0.25) is 5.91 Å². The van der Waals surface area contributed by atoms with Crippen molar-refractivity contribution in [3.8, 4) is 11.5 Å². The van der Waals surface area contributed by atoms with Crippen LogP contribution in [-0.2, 0) is 9.59 Å². The van der Waals surface area contributed by atoms with Gasteiger partial charge in [-0.05, 0) is 49.2 Å². The smallest absolute Gasteiger partial charge is 0.257 e. The predicted octanol–water partition coefficient (Wildman–Crippen LogP) is 3.57. The minimum atomic E-state index is -0.222. The Morgan fingerprint density at radius 1 is 1.07 bits per heavy atom. The van der Waals surface area contributed by atoms with Crippen molar-refractivity contribution in [1.82, 2.24) is 5.32 Å². The van der Waals surface area contributed by atoms with Crippen molar-refractivity contribution in [1.29, 1.82) is 0 Å². The molecule has 0 fully saturated rings. The topological polar surface area (TPSA) is 76.7 Å². The molecule has 0 saturated heterocycles. The van der Waals surface area contributed by atoms with Crippen LogP contribution in [0.2, 0.25) is 5.02 Å². The molecule has 27 heavy (non-hydrogen) atoms. The van der Waals surface area contributed by atoms with E-state index in [1.807, 2.05) is 19.1 Å². The van der Waals surface area contributed by atoms with E-state index in [0.29, 0.717) is 35.9 Å². The molecule has 0 aromatic heterocycles. The second-order valence-electron chi connectivity index (χ2n) is 5.90. The van der Waals surface area contributed by atoms with Gasteiger partial charge >= 0.3 is 0 Å². The van der Waals surface area contributed by atoms with E-state index in [4.69, 9.17) is 21.1 Å². The summed E-state index contributed by atoms with van der Waals surface area (Å²) in [5.74, 6) is 0.939. The molecule has 0 aliphatic rings. The summed E-state index contributed by atoms with van der Waals surface area (Å²) in [7, 11) is 1.54. The van der Waals surface area contributed by atoms with E-state index in [2.05, 4.69) is 10.6 Å². The Hall–Kier alpha value is -2.73. The third-order valence-electron chi connectivity index (χ3n) is 3.71. The number of halogens is 1. The minimum Gasteiger partial charge on any atom is -0.493 e. The Bertz CT molecular complexity index is 795. The number of amides is 2. The maximum absolute atomic E-state index is 12.1. The Balaban J connectivity index is 1.74. The fourth-order valence-electron chi connectivity index (χ4n) is 2.30. The SMILES string of the molecule is CNC(=O)COc1cccc(NC(=O)CCCOc2ccc(Cl)cc2C)c1. The molecule has 0 atom stereocenters. The second-order valence-corrected chi connectivity index (χ2v) is 6.34. The van der Waals surface area contributed by atoms with Crippen molar-refractivity contribution in [3.05, 3.63) is 53.1 Å². The Labute approximate surface area is 163 Å². The number of hydrogen-bond donors (Lipinski definition) is 2. The molecule has 0 saturated carbocycles. The quantitative estimate of drug-likeness (QED) is 0.642. The fourth-order valence-corrected chi connectivity index (χ4v) is 2.52. The van der Waals surface area contributed by atoms with Gasteiger partial charge in [0.1, 0.15) is 11.5 Å². The number of anilines is 1. The van der Waals surface area contributed by atoms with Crippen LogP contribution in [0.5, 0.6) is 11.5 Å². The molecule has 0 bridgehead atoms. The summed E-state index contributed by atoms with van der Waals surface area (Å²) < 4.78 is 11.0. The van der Waals surface area contributed by atoms with E-state index in [9.17, 15) is 9.59 Å². The Morgan fingerprint density at radius 3 is 2.63 bits per heavy atom. The molecule has 2 amide bonds. The summed E-state index contributed by atoms with van der Waals surface area (Å²) in [6, 6.07) is 12.3. The summed E-state index contributed by atoms with van der Waals surface area (Å²) in [5.41, 5.74) is 1.57. The van der Waals surface area contributed by atoms with Crippen LogP contribution in [0, 0.1) is 6.92 Å². The lowest BCUT2D eigenvalue weighted by molar-refractivity contribution is -0.122. The molecule has 0 radical (unpaired) electrons. The van der Waals surface area contributed by atoms with Crippen LogP contribution in [0.15, 0.2) is 42.5 Å². The summed E-state index contributed by atoms with van der Waals surface area (Å²) in [5, 5.41) is 5.95. The van der Waals surface area contributed by atoms with E-state index in [1.165, 1.54) is 0 Å². The van der Waals surface area contributed by atoms with Crippen molar-refractivity contribution in [2.75, 3.05) is 25.6 Å². The van der Waals surface area contributed by atoms with Gasteiger partial charge in [-0.25, -0.2) is 0 Å². The van der Waals surface area contributed by atoms with Crippen LogP contribution in [0.3, 0.4) is 0 Å². The summed E-state index contributed by atoms with van der Waals surface area (Å²) in [4.78, 5) is 23.3. The Kier molecular flexibility index (Phi) is 7.95. The summed E-state index contributed by atoms with van der Waals surface area (Å²) in [6.07, 6.45) is 0.913. The molecular weight excluding hydrogens is 368 g/mol. The van der Waals surface area contributed by atoms with E-state index in [1.54, 1.807) is 37.4 Å². The van der Waals surface area contributed by atoms with E-state index in [0.717, 1.165) is 11.3 Å². The van der Waals surface area contributed by atoms with Gasteiger partial charge in [-0.15, -0.1) is 0 Å². The average molecular weight is 391 g/mol.